The van der Waals surface area contributed by atoms with Gasteiger partial charge in [0.2, 0.25) is 0 Å². The molecule has 1 aromatic carbocycles. The highest BCUT2D eigenvalue weighted by Gasteiger charge is 2.14. The van der Waals surface area contributed by atoms with E-state index in [2.05, 4.69) is 13.2 Å². The summed E-state index contributed by atoms with van der Waals surface area (Å²) < 4.78 is 0. The molecule has 0 saturated heterocycles. The molecule has 1 nitrogen and oxygen atoms in total. The summed E-state index contributed by atoms with van der Waals surface area (Å²) in [5, 5.41) is 10.4. The first-order chi connectivity index (χ1) is 9.79. The zero-order valence-corrected chi connectivity index (χ0v) is 13.1. The number of aromatic hydroxyl groups is 1. The monoisotopic (exact) mass is 290 g/mol. The number of hydrogen-bond acceptors (Lipinski definition) is 2. The number of benzene rings is 1. The highest BCUT2D eigenvalue weighted by atomic mass is 32.2. The molecule has 0 aliphatic rings. The molecule has 1 N–H and O–H groups in total. The summed E-state index contributed by atoms with van der Waals surface area (Å²) in [4.78, 5) is 0. The molecule has 0 saturated carbocycles. The van der Waals surface area contributed by atoms with E-state index in [1.165, 1.54) is 12.8 Å². The van der Waals surface area contributed by atoms with Gasteiger partial charge < -0.3 is 5.11 Å². The molecule has 0 fully saturated rings. The smallest absolute Gasteiger partial charge is 0.119 e. The van der Waals surface area contributed by atoms with Crippen LogP contribution in [0, 0.1) is 0 Å². The van der Waals surface area contributed by atoms with Gasteiger partial charge >= 0.3 is 0 Å². The predicted octanol–water partition coefficient (Wildman–Crippen LogP) is 5.88. The summed E-state index contributed by atoms with van der Waals surface area (Å²) in [7, 11) is 0. The molecule has 0 radical (unpaired) electrons. The summed E-state index contributed by atoms with van der Waals surface area (Å²) in [5.41, 5.74) is 1.07. The van der Waals surface area contributed by atoms with Gasteiger partial charge in [0.1, 0.15) is 5.75 Å². The first-order valence-electron chi connectivity index (χ1n) is 7.41. The van der Waals surface area contributed by atoms with Crippen molar-refractivity contribution < 1.29 is 5.11 Å². The molecule has 1 aromatic rings. The molecule has 1 atom stereocenters. The second-order valence-corrected chi connectivity index (χ2v) is 6.23. The molecule has 2 heteroatoms. The largest absolute Gasteiger partial charge is 0.508 e. The van der Waals surface area contributed by atoms with E-state index in [1.54, 1.807) is 6.07 Å². The lowest BCUT2D eigenvalue weighted by Gasteiger charge is -2.18. The van der Waals surface area contributed by atoms with Crippen LogP contribution in [0.3, 0.4) is 0 Å². The topological polar surface area (TPSA) is 20.2 Å². The van der Waals surface area contributed by atoms with Gasteiger partial charge in [0, 0.05) is 10.8 Å². The maximum atomic E-state index is 10.0. The van der Waals surface area contributed by atoms with Crippen LogP contribution in [0.5, 0.6) is 5.75 Å². The van der Waals surface area contributed by atoms with Gasteiger partial charge in [-0.05, 0) is 50.3 Å². The third kappa shape index (κ3) is 6.33. The van der Waals surface area contributed by atoms with Gasteiger partial charge in [0.15, 0.2) is 0 Å². The Morgan fingerprint density at radius 3 is 2.45 bits per heavy atom. The Labute approximate surface area is 127 Å². The Bertz CT molecular complexity index is 400. The SMILES string of the molecule is C=CCCCCSC(CCCC=C)c1ccccc1O. The number of unbranched alkanes of at least 4 members (excludes halogenated alkanes) is 3. The van der Waals surface area contributed by atoms with E-state index in [0.717, 1.165) is 37.0 Å². The fraction of sp³-hybridized carbons (Fsp3) is 0.444. The van der Waals surface area contributed by atoms with Crippen molar-refractivity contribution in [3.8, 4) is 5.75 Å². The van der Waals surface area contributed by atoms with Crippen molar-refractivity contribution in [3.05, 3.63) is 55.1 Å². The van der Waals surface area contributed by atoms with Crippen LogP contribution < -0.4 is 0 Å². The average Bonchev–Trinajstić information content (AvgIpc) is 2.46. The lowest BCUT2D eigenvalue weighted by Crippen LogP contribution is -1.97. The summed E-state index contributed by atoms with van der Waals surface area (Å²) >= 11 is 1.96. The number of thioether (sulfide) groups is 1. The van der Waals surface area contributed by atoms with E-state index >= 15 is 0 Å². The number of allylic oxidation sites excluding steroid dienone is 2. The summed E-state index contributed by atoms with van der Waals surface area (Å²) in [6.07, 6.45) is 10.7. The van der Waals surface area contributed by atoms with Gasteiger partial charge in [-0.1, -0.05) is 30.4 Å². The molecule has 0 aromatic heterocycles. The van der Waals surface area contributed by atoms with E-state index in [0.29, 0.717) is 11.0 Å². The number of phenols is 1. The molecule has 1 unspecified atom stereocenters. The van der Waals surface area contributed by atoms with Crippen molar-refractivity contribution in [2.45, 2.75) is 43.8 Å². The first-order valence-corrected chi connectivity index (χ1v) is 8.45. The molecule has 0 spiro atoms. The number of hydrogen-bond donors (Lipinski definition) is 1. The Balaban J connectivity index is 2.53. The summed E-state index contributed by atoms with van der Waals surface area (Å²) in [5.74, 6) is 1.57. The Hall–Kier alpha value is -1.15. The van der Waals surface area contributed by atoms with Gasteiger partial charge in [0.25, 0.3) is 0 Å². The van der Waals surface area contributed by atoms with Crippen LogP contribution in [0.25, 0.3) is 0 Å². The average molecular weight is 290 g/mol. The zero-order chi connectivity index (χ0) is 14.6. The van der Waals surface area contributed by atoms with E-state index < -0.39 is 0 Å². The minimum Gasteiger partial charge on any atom is -0.508 e. The molecular formula is C18H26OS. The van der Waals surface area contributed by atoms with Gasteiger partial charge in [-0.25, -0.2) is 0 Å². The van der Waals surface area contributed by atoms with Gasteiger partial charge in [-0.2, -0.15) is 11.8 Å². The third-order valence-electron chi connectivity index (χ3n) is 3.28. The van der Waals surface area contributed by atoms with E-state index in [9.17, 15) is 5.11 Å². The minimum atomic E-state index is 0.389. The van der Waals surface area contributed by atoms with Crippen LogP contribution in [0.4, 0.5) is 0 Å². The fourth-order valence-corrected chi connectivity index (χ4v) is 3.52. The Kier molecular flexibility index (Phi) is 8.97. The molecule has 0 amide bonds. The summed E-state index contributed by atoms with van der Waals surface area (Å²) in [6, 6.07) is 7.72. The quantitative estimate of drug-likeness (QED) is 0.405. The van der Waals surface area contributed by atoms with Crippen LogP contribution >= 0.6 is 11.8 Å². The van der Waals surface area contributed by atoms with E-state index in [4.69, 9.17) is 0 Å². The maximum Gasteiger partial charge on any atom is 0.119 e. The van der Waals surface area contributed by atoms with E-state index in [-0.39, 0.29) is 0 Å². The predicted molar refractivity (Wildman–Crippen MR) is 91.4 cm³/mol. The molecule has 0 heterocycles. The molecule has 110 valence electrons. The zero-order valence-electron chi connectivity index (χ0n) is 12.3. The molecule has 0 aliphatic heterocycles. The third-order valence-corrected chi connectivity index (χ3v) is 4.70. The lowest BCUT2D eigenvalue weighted by molar-refractivity contribution is 0.466. The van der Waals surface area contributed by atoms with Crippen molar-refractivity contribution in [1.29, 1.82) is 0 Å². The Morgan fingerprint density at radius 1 is 1.05 bits per heavy atom. The first kappa shape index (κ1) is 16.9. The molecule has 0 bridgehead atoms. The Morgan fingerprint density at radius 2 is 1.75 bits per heavy atom. The normalized spacial score (nSPS) is 12.0. The van der Waals surface area contributed by atoms with Crippen molar-refractivity contribution in [3.63, 3.8) is 0 Å². The minimum absolute atomic E-state index is 0.389. The second kappa shape index (κ2) is 10.6. The number of rotatable bonds is 11. The van der Waals surface area contributed by atoms with Crippen LogP contribution in [0.1, 0.15) is 49.3 Å². The maximum absolute atomic E-state index is 10.0. The highest BCUT2D eigenvalue weighted by Crippen LogP contribution is 2.38. The van der Waals surface area contributed by atoms with Gasteiger partial charge in [-0.3, -0.25) is 0 Å². The summed E-state index contributed by atoms with van der Waals surface area (Å²) in [6.45, 7) is 7.53. The van der Waals surface area contributed by atoms with Crippen LogP contribution in [-0.4, -0.2) is 10.9 Å². The highest BCUT2D eigenvalue weighted by molar-refractivity contribution is 7.99. The van der Waals surface area contributed by atoms with Crippen molar-refractivity contribution in [1.82, 2.24) is 0 Å². The molecular weight excluding hydrogens is 264 g/mol. The molecule has 20 heavy (non-hydrogen) atoms. The van der Waals surface area contributed by atoms with Gasteiger partial charge in [0.05, 0.1) is 0 Å². The fourth-order valence-electron chi connectivity index (χ4n) is 2.15. The van der Waals surface area contributed by atoms with Crippen LogP contribution in [-0.2, 0) is 0 Å². The lowest BCUT2D eigenvalue weighted by atomic mass is 10.1. The number of para-hydroxylation sites is 1. The van der Waals surface area contributed by atoms with Crippen molar-refractivity contribution >= 4 is 11.8 Å². The standard InChI is InChI=1S/C18H26OS/c1-3-5-7-11-15-20-18(14-8-6-4-2)16-12-9-10-13-17(16)19/h3-4,9-10,12-13,18-19H,1-2,5-8,11,14-15H2. The van der Waals surface area contributed by atoms with Crippen molar-refractivity contribution in [2.24, 2.45) is 0 Å². The van der Waals surface area contributed by atoms with Crippen LogP contribution in [0.15, 0.2) is 49.6 Å². The van der Waals surface area contributed by atoms with Crippen LogP contribution in [0.2, 0.25) is 0 Å². The van der Waals surface area contributed by atoms with E-state index in [1.807, 2.05) is 42.1 Å². The molecule has 0 aliphatic carbocycles. The number of phenolic OH excluding ortho intramolecular Hbond substituents is 1. The molecule has 1 rings (SSSR count). The van der Waals surface area contributed by atoms with Crippen molar-refractivity contribution in [2.75, 3.05) is 5.75 Å². The van der Waals surface area contributed by atoms with Gasteiger partial charge in [-0.15, -0.1) is 13.2 Å². The second-order valence-electron chi connectivity index (χ2n) is 4.92.